The molecular weight excluding hydrogens is 250 g/mol. The number of nitrogens with zero attached hydrogens (tertiary/aromatic N) is 1. The summed E-state index contributed by atoms with van der Waals surface area (Å²) >= 11 is 1.01. The molecule has 0 aliphatic carbocycles. The molecule has 0 saturated heterocycles. The van der Waals surface area contributed by atoms with Crippen molar-refractivity contribution in [3.8, 4) is 0 Å². The Hall–Kier alpha value is -0.860. The summed E-state index contributed by atoms with van der Waals surface area (Å²) in [5, 5.41) is 12.4. The average molecular weight is 265 g/mol. The summed E-state index contributed by atoms with van der Waals surface area (Å²) in [6.45, 7) is 2.14. The highest BCUT2D eigenvalue weighted by molar-refractivity contribution is 7.91. The van der Waals surface area contributed by atoms with Crippen LogP contribution in [-0.2, 0) is 9.84 Å². The Morgan fingerprint density at radius 2 is 2.25 bits per heavy atom. The quantitative estimate of drug-likeness (QED) is 0.707. The molecule has 1 atom stereocenters. The van der Waals surface area contributed by atoms with Gasteiger partial charge in [0.1, 0.15) is 9.90 Å². The predicted octanol–water partition coefficient (Wildman–Crippen LogP) is 0.312. The number of aromatic nitrogens is 1. The Morgan fingerprint density at radius 1 is 1.62 bits per heavy atom. The van der Waals surface area contributed by atoms with Crippen molar-refractivity contribution >= 4 is 32.2 Å². The van der Waals surface area contributed by atoms with Crippen LogP contribution in [0.15, 0.2) is 4.90 Å². The monoisotopic (exact) mass is 265 g/mol. The minimum Gasteiger partial charge on any atom is -0.393 e. The van der Waals surface area contributed by atoms with Gasteiger partial charge in [-0.05, 0) is 24.9 Å². The van der Waals surface area contributed by atoms with E-state index < -0.39 is 15.9 Å². The van der Waals surface area contributed by atoms with Crippen LogP contribution in [0.5, 0.6) is 0 Å². The van der Waals surface area contributed by atoms with E-state index in [2.05, 4.69) is 9.69 Å². The number of nitrogen functional groups attached to an aromatic ring is 1. The van der Waals surface area contributed by atoms with E-state index in [-0.39, 0.29) is 10.7 Å². The highest BCUT2D eigenvalue weighted by atomic mass is 32.2. The zero-order valence-electron chi connectivity index (χ0n) is 9.10. The molecule has 6 nitrogen and oxygen atoms in total. The van der Waals surface area contributed by atoms with Gasteiger partial charge in [0.2, 0.25) is 0 Å². The lowest BCUT2D eigenvalue weighted by Gasteiger charge is -2.07. The molecule has 0 aliphatic heterocycles. The van der Waals surface area contributed by atoms with Crippen LogP contribution in [0.25, 0.3) is 0 Å². The number of anilines is 2. The van der Waals surface area contributed by atoms with Gasteiger partial charge in [0.15, 0.2) is 15.7 Å². The normalized spacial score (nSPS) is 13.7. The van der Waals surface area contributed by atoms with Crippen molar-refractivity contribution in [1.82, 2.24) is 4.37 Å². The Bertz CT molecular complexity index is 453. The van der Waals surface area contributed by atoms with Gasteiger partial charge in [-0.2, -0.15) is 4.37 Å². The number of aliphatic hydroxyl groups excluding tert-OH is 1. The lowest BCUT2D eigenvalue weighted by Crippen LogP contribution is -2.11. The third-order valence-corrected chi connectivity index (χ3v) is 4.00. The first-order valence-corrected chi connectivity index (χ1v) is 7.36. The van der Waals surface area contributed by atoms with E-state index in [1.807, 2.05) is 0 Å². The van der Waals surface area contributed by atoms with Crippen LogP contribution < -0.4 is 11.1 Å². The molecule has 1 aromatic heterocycles. The summed E-state index contributed by atoms with van der Waals surface area (Å²) in [6.07, 6.45) is 1.19. The first kappa shape index (κ1) is 13.2. The summed E-state index contributed by atoms with van der Waals surface area (Å²) in [5.41, 5.74) is 5.49. The van der Waals surface area contributed by atoms with E-state index in [0.29, 0.717) is 18.0 Å². The Morgan fingerprint density at radius 3 is 2.75 bits per heavy atom. The fourth-order valence-electron chi connectivity index (χ4n) is 1.16. The number of hydrogen-bond acceptors (Lipinski definition) is 7. The van der Waals surface area contributed by atoms with E-state index in [9.17, 15) is 8.42 Å². The van der Waals surface area contributed by atoms with Crippen molar-refractivity contribution in [2.45, 2.75) is 24.3 Å². The van der Waals surface area contributed by atoms with Crippen LogP contribution in [0.1, 0.15) is 13.3 Å². The second kappa shape index (κ2) is 4.98. The lowest BCUT2D eigenvalue weighted by atomic mass is 10.3. The summed E-state index contributed by atoms with van der Waals surface area (Å²) < 4.78 is 26.7. The lowest BCUT2D eigenvalue weighted by molar-refractivity contribution is 0.189. The van der Waals surface area contributed by atoms with Crippen LogP contribution in [0.4, 0.5) is 10.8 Å². The van der Waals surface area contributed by atoms with Crippen LogP contribution in [-0.4, -0.2) is 36.8 Å². The molecular formula is C8H15N3O3S2. The number of sulfone groups is 1. The van der Waals surface area contributed by atoms with Crippen molar-refractivity contribution in [3.05, 3.63) is 0 Å². The highest BCUT2D eigenvalue weighted by Crippen LogP contribution is 2.31. The third-order valence-electron chi connectivity index (χ3n) is 1.89. The number of rotatable bonds is 5. The molecule has 1 heterocycles. The van der Waals surface area contributed by atoms with Crippen molar-refractivity contribution in [2.75, 3.05) is 23.9 Å². The average Bonchev–Trinajstić information content (AvgIpc) is 2.45. The zero-order chi connectivity index (χ0) is 12.3. The maximum atomic E-state index is 11.4. The van der Waals surface area contributed by atoms with E-state index >= 15 is 0 Å². The van der Waals surface area contributed by atoms with E-state index in [4.69, 9.17) is 10.8 Å². The summed E-state index contributed by atoms with van der Waals surface area (Å²) in [6, 6.07) is 0. The van der Waals surface area contributed by atoms with Crippen LogP contribution in [0.3, 0.4) is 0 Å². The molecule has 0 bridgehead atoms. The molecule has 0 aromatic carbocycles. The molecule has 0 saturated carbocycles. The van der Waals surface area contributed by atoms with Gasteiger partial charge in [-0.25, -0.2) is 8.42 Å². The van der Waals surface area contributed by atoms with Gasteiger partial charge in [0, 0.05) is 12.8 Å². The largest absolute Gasteiger partial charge is 0.393 e. The minimum absolute atomic E-state index is 0.0204. The molecule has 1 aromatic rings. The Labute approximate surface area is 98.6 Å². The zero-order valence-corrected chi connectivity index (χ0v) is 10.7. The molecule has 0 radical (unpaired) electrons. The maximum absolute atomic E-state index is 11.4. The minimum atomic E-state index is -3.37. The molecule has 0 fully saturated rings. The fourth-order valence-corrected chi connectivity index (χ4v) is 3.25. The molecule has 0 amide bonds. The second-order valence-electron chi connectivity index (χ2n) is 3.56. The van der Waals surface area contributed by atoms with Crippen LogP contribution in [0.2, 0.25) is 0 Å². The summed E-state index contributed by atoms with van der Waals surface area (Å²) in [4.78, 5) is 0.0445. The van der Waals surface area contributed by atoms with Crippen molar-refractivity contribution in [3.63, 3.8) is 0 Å². The number of hydrogen-bond donors (Lipinski definition) is 3. The highest BCUT2D eigenvalue weighted by Gasteiger charge is 2.20. The van der Waals surface area contributed by atoms with Gasteiger partial charge in [0.05, 0.1) is 6.10 Å². The third kappa shape index (κ3) is 3.32. The molecule has 0 aliphatic rings. The molecule has 0 spiro atoms. The van der Waals surface area contributed by atoms with Crippen molar-refractivity contribution in [1.29, 1.82) is 0 Å². The SMILES string of the molecule is CC(O)CCNc1snc(N)c1S(C)(=O)=O. The first-order valence-electron chi connectivity index (χ1n) is 4.69. The van der Waals surface area contributed by atoms with Gasteiger partial charge in [-0.3, -0.25) is 0 Å². The standard InChI is InChI=1S/C8H15N3O3S2/c1-5(12)3-4-10-8-6(16(2,13)14)7(9)11-15-8/h5,10,12H,3-4H2,1-2H3,(H2,9,11). The van der Waals surface area contributed by atoms with Gasteiger partial charge < -0.3 is 16.2 Å². The molecule has 92 valence electrons. The fraction of sp³-hybridized carbons (Fsp3) is 0.625. The van der Waals surface area contributed by atoms with Crippen LogP contribution in [0, 0.1) is 0 Å². The summed E-state index contributed by atoms with van der Waals surface area (Å²) in [5.74, 6) is 0.0204. The number of nitrogens with two attached hydrogens (primary N) is 1. The molecule has 1 unspecified atom stereocenters. The Kier molecular flexibility index (Phi) is 4.11. The van der Waals surface area contributed by atoms with Gasteiger partial charge in [-0.15, -0.1) is 0 Å². The van der Waals surface area contributed by atoms with Gasteiger partial charge >= 0.3 is 0 Å². The van der Waals surface area contributed by atoms with Gasteiger partial charge in [-0.1, -0.05) is 0 Å². The van der Waals surface area contributed by atoms with E-state index in [1.165, 1.54) is 0 Å². The topological polar surface area (TPSA) is 105 Å². The molecule has 8 heteroatoms. The molecule has 1 rings (SSSR count). The first-order chi connectivity index (χ1) is 7.32. The summed E-state index contributed by atoms with van der Waals surface area (Å²) in [7, 11) is -3.37. The predicted molar refractivity (Wildman–Crippen MR) is 64.4 cm³/mol. The van der Waals surface area contributed by atoms with E-state index in [1.54, 1.807) is 6.92 Å². The van der Waals surface area contributed by atoms with E-state index in [0.717, 1.165) is 17.8 Å². The smallest absolute Gasteiger partial charge is 0.182 e. The second-order valence-corrected chi connectivity index (χ2v) is 6.29. The van der Waals surface area contributed by atoms with Gasteiger partial charge in [0.25, 0.3) is 0 Å². The maximum Gasteiger partial charge on any atom is 0.182 e. The van der Waals surface area contributed by atoms with Crippen molar-refractivity contribution in [2.24, 2.45) is 0 Å². The molecule has 4 N–H and O–H groups in total. The van der Waals surface area contributed by atoms with Crippen molar-refractivity contribution < 1.29 is 13.5 Å². The number of nitrogens with one attached hydrogen (secondary N) is 1. The number of aliphatic hydroxyl groups is 1. The molecule has 16 heavy (non-hydrogen) atoms. The van der Waals surface area contributed by atoms with Crippen LogP contribution >= 0.6 is 11.5 Å². The Balaban J connectivity index is 2.82.